The Labute approximate surface area is 106 Å². The lowest BCUT2D eigenvalue weighted by atomic mass is 10.0. The number of nitrogens with two attached hydrogens (primary N) is 1. The summed E-state index contributed by atoms with van der Waals surface area (Å²) in [6.45, 7) is 1.74. The standard InChI is InChI=1S/C12H10BrFN2O/c1-2-10(17)11-7-3-6(13)5-16-12(7)8(14)4-9(11)15/h3-5H,2,15H2,1H3. The van der Waals surface area contributed by atoms with Crippen LogP contribution < -0.4 is 5.73 Å². The lowest BCUT2D eigenvalue weighted by Gasteiger charge is -2.09. The first-order chi connectivity index (χ1) is 8.04. The van der Waals surface area contributed by atoms with Gasteiger partial charge < -0.3 is 5.73 Å². The molecule has 0 fully saturated rings. The molecule has 1 heterocycles. The second-order valence-corrected chi connectivity index (χ2v) is 4.56. The van der Waals surface area contributed by atoms with Crippen molar-refractivity contribution in [3.05, 3.63) is 34.2 Å². The molecule has 1 aromatic carbocycles. The highest BCUT2D eigenvalue weighted by molar-refractivity contribution is 9.10. The van der Waals surface area contributed by atoms with Crippen molar-refractivity contribution in [2.24, 2.45) is 0 Å². The first-order valence-corrected chi connectivity index (χ1v) is 5.90. The number of Topliss-reactive ketones (excluding diaryl/α,β-unsaturated/α-hetero) is 1. The van der Waals surface area contributed by atoms with Gasteiger partial charge in [-0.1, -0.05) is 6.92 Å². The molecular weight excluding hydrogens is 287 g/mol. The Kier molecular flexibility index (Phi) is 3.11. The highest BCUT2D eigenvalue weighted by atomic mass is 79.9. The van der Waals surface area contributed by atoms with Crippen molar-refractivity contribution in [2.45, 2.75) is 13.3 Å². The van der Waals surface area contributed by atoms with Gasteiger partial charge in [0.1, 0.15) is 5.52 Å². The van der Waals surface area contributed by atoms with Gasteiger partial charge in [0.2, 0.25) is 0 Å². The van der Waals surface area contributed by atoms with Gasteiger partial charge in [-0.2, -0.15) is 0 Å². The molecule has 0 aliphatic rings. The molecule has 0 unspecified atom stereocenters. The summed E-state index contributed by atoms with van der Waals surface area (Å²) in [5, 5.41) is 0.448. The Morgan fingerprint density at radius 2 is 2.24 bits per heavy atom. The third-order valence-electron chi connectivity index (χ3n) is 2.52. The molecule has 5 heteroatoms. The zero-order valence-corrected chi connectivity index (χ0v) is 10.7. The second kappa shape index (κ2) is 4.41. The van der Waals surface area contributed by atoms with Gasteiger partial charge in [0.05, 0.1) is 5.56 Å². The fourth-order valence-electron chi connectivity index (χ4n) is 1.74. The molecule has 1 aromatic heterocycles. The molecular formula is C12H10BrFN2O. The zero-order valence-electron chi connectivity index (χ0n) is 9.13. The van der Waals surface area contributed by atoms with E-state index >= 15 is 0 Å². The van der Waals surface area contributed by atoms with E-state index in [1.54, 1.807) is 13.0 Å². The van der Waals surface area contributed by atoms with E-state index in [1.807, 2.05) is 0 Å². The molecule has 0 bridgehead atoms. The Bertz CT molecular complexity index is 613. The number of hydrogen-bond donors (Lipinski definition) is 1. The van der Waals surface area contributed by atoms with Crippen LogP contribution in [0.1, 0.15) is 23.7 Å². The molecule has 2 rings (SSSR count). The summed E-state index contributed by atoms with van der Waals surface area (Å²) in [5.74, 6) is -0.634. The Balaban J connectivity index is 2.90. The average molecular weight is 297 g/mol. The van der Waals surface area contributed by atoms with E-state index in [2.05, 4.69) is 20.9 Å². The predicted molar refractivity (Wildman–Crippen MR) is 68.4 cm³/mol. The molecule has 2 N–H and O–H groups in total. The number of pyridine rings is 1. The van der Waals surface area contributed by atoms with Gasteiger partial charge in [-0.05, 0) is 28.1 Å². The molecule has 0 aliphatic heterocycles. The summed E-state index contributed by atoms with van der Waals surface area (Å²) in [7, 11) is 0. The fraction of sp³-hybridized carbons (Fsp3) is 0.167. The van der Waals surface area contributed by atoms with Crippen molar-refractivity contribution < 1.29 is 9.18 Å². The summed E-state index contributed by atoms with van der Waals surface area (Å²) in [4.78, 5) is 15.8. The number of rotatable bonds is 2. The third-order valence-corrected chi connectivity index (χ3v) is 2.95. The van der Waals surface area contributed by atoms with Crippen molar-refractivity contribution in [2.75, 3.05) is 5.73 Å². The molecule has 0 atom stereocenters. The summed E-state index contributed by atoms with van der Waals surface area (Å²) in [6.07, 6.45) is 1.80. The van der Waals surface area contributed by atoms with E-state index in [-0.39, 0.29) is 17.0 Å². The normalized spacial score (nSPS) is 10.8. The number of aromatic nitrogens is 1. The Morgan fingerprint density at radius 3 is 2.88 bits per heavy atom. The van der Waals surface area contributed by atoms with Crippen molar-refractivity contribution in [3.8, 4) is 0 Å². The highest BCUT2D eigenvalue weighted by Gasteiger charge is 2.16. The second-order valence-electron chi connectivity index (χ2n) is 3.65. The van der Waals surface area contributed by atoms with E-state index in [4.69, 9.17) is 5.73 Å². The summed E-state index contributed by atoms with van der Waals surface area (Å²) in [6, 6.07) is 2.80. The number of halogens is 2. The Morgan fingerprint density at radius 1 is 1.53 bits per heavy atom. The number of nitrogen functional groups attached to an aromatic ring is 1. The Hall–Kier alpha value is -1.49. The molecule has 0 spiro atoms. The van der Waals surface area contributed by atoms with Crippen LogP contribution in [-0.2, 0) is 0 Å². The number of carbonyl (C=O) groups is 1. The van der Waals surface area contributed by atoms with Crippen molar-refractivity contribution in [1.29, 1.82) is 0 Å². The minimum absolute atomic E-state index is 0.118. The van der Waals surface area contributed by atoms with E-state index in [0.29, 0.717) is 21.8 Å². The van der Waals surface area contributed by atoms with Crippen LogP contribution in [0.25, 0.3) is 10.9 Å². The van der Waals surface area contributed by atoms with Gasteiger partial charge in [-0.25, -0.2) is 4.39 Å². The fourth-order valence-corrected chi connectivity index (χ4v) is 2.07. The van der Waals surface area contributed by atoms with E-state index in [9.17, 15) is 9.18 Å². The van der Waals surface area contributed by atoms with Gasteiger partial charge >= 0.3 is 0 Å². The molecule has 0 radical (unpaired) electrons. The first kappa shape index (κ1) is 12.0. The molecule has 0 saturated heterocycles. The summed E-state index contributed by atoms with van der Waals surface area (Å²) >= 11 is 3.25. The van der Waals surface area contributed by atoms with Crippen LogP contribution in [0.2, 0.25) is 0 Å². The molecule has 2 aromatic rings. The molecule has 0 saturated carbocycles. The van der Waals surface area contributed by atoms with Crippen LogP contribution in [0.4, 0.5) is 10.1 Å². The molecule has 17 heavy (non-hydrogen) atoms. The van der Waals surface area contributed by atoms with Gasteiger partial charge in [0, 0.05) is 28.2 Å². The zero-order chi connectivity index (χ0) is 12.6. The third kappa shape index (κ3) is 2.02. The van der Waals surface area contributed by atoms with Crippen LogP contribution in [0.15, 0.2) is 22.8 Å². The predicted octanol–water partition coefficient (Wildman–Crippen LogP) is 3.31. The average Bonchev–Trinajstić information content (AvgIpc) is 2.28. The van der Waals surface area contributed by atoms with Gasteiger partial charge in [-0.3, -0.25) is 9.78 Å². The van der Waals surface area contributed by atoms with Crippen LogP contribution in [0.3, 0.4) is 0 Å². The number of ketones is 1. The van der Waals surface area contributed by atoms with Crippen LogP contribution in [-0.4, -0.2) is 10.8 Å². The van der Waals surface area contributed by atoms with Crippen LogP contribution in [0.5, 0.6) is 0 Å². The maximum absolute atomic E-state index is 13.7. The molecule has 88 valence electrons. The van der Waals surface area contributed by atoms with Crippen molar-refractivity contribution in [3.63, 3.8) is 0 Å². The molecule has 3 nitrogen and oxygen atoms in total. The number of fused-ring (bicyclic) bond motifs is 1. The molecule has 0 amide bonds. The van der Waals surface area contributed by atoms with Crippen LogP contribution in [0, 0.1) is 5.82 Å². The topological polar surface area (TPSA) is 56.0 Å². The quantitative estimate of drug-likeness (QED) is 0.683. The van der Waals surface area contributed by atoms with Gasteiger partial charge in [0.15, 0.2) is 11.6 Å². The maximum atomic E-state index is 13.7. The lowest BCUT2D eigenvalue weighted by molar-refractivity contribution is 0.0990. The van der Waals surface area contributed by atoms with Gasteiger partial charge in [0.25, 0.3) is 0 Å². The van der Waals surface area contributed by atoms with E-state index in [1.165, 1.54) is 6.20 Å². The number of anilines is 1. The number of hydrogen-bond acceptors (Lipinski definition) is 3. The van der Waals surface area contributed by atoms with E-state index in [0.717, 1.165) is 6.07 Å². The first-order valence-electron chi connectivity index (χ1n) is 5.11. The van der Waals surface area contributed by atoms with Crippen molar-refractivity contribution in [1.82, 2.24) is 4.98 Å². The van der Waals surface area contributed by atoms with Crippen LogP contribution >= 0.6 is 15.9 Å². The largest absolute Gasteiger partial charge is 0.398 e. The smallest absolute Gasteiger partial charge is 0.165 e. The maximum Gasteiger partial charge on any atom is 0.165 e. The summed E-state index contributed by atoms with van der Waals surface area (Å²) in [5.41, 5.74) is 6.38. The number of carbonyl (C=O) groups excluding carboxylic acids is 1. The summed E-state index contributed by atoms with van der Waals surface area (Å²) < 4.78 is 14.3. The van der Waals surface area contributed by atoms with Gasteiger partial charge in [-0.15, -0.1) is 0 Å². The number of nitrogens with zero attached hydrogens (tertiary/aromatic N) is 1. The SMILES string of the molecule is CCC(=O)c1c(N)cc(F)c2ncc(Br)cc12. The minimum atomic E-state index is -0.516. The minimum Gasteiger partial charge on any atom is -0.398 e. The van der Waals surface area contributed by atoms with E-state index < -0.39 is 5.82 Å². The van der Waals surface area contributed by atoms with Crippen molar-refractivity contribution >= 4 is 38.3 Å². The monoisotopic (exact) mass is 296 g/mol. The number of benzene rings is 1. The molecule has 0 aliphatic carbocycles. The lowest BCUT2D eigenvalue weighted by Crippen LogP contribution is -2.05. The highest BCUT2D eigenvalue weighted by Crippen LogP contribution is 2.28.